The van der Waals surface area contributed by atoms with Crippen LogP contribution in [-0.2, 0) is 14.3 Å². The van der Waals surface area contributed by atoms with Gasteiger partial charge in [0.25, 0.3) is 0 Å². The third-order valence-electron chi connectivity index (χ3n) is 4.01. The summed E-state index contributed by atoms with van der Waals surface area (Å²) in [7, 11) is 1.75. The first-order valence-corrected chi connectivity index (χ1v) is 7.02. The van der Waals surface area contributed by atoms with Gasteiger partial charge in [0.1, 0.15) is 5.41 Å². The van der Waals surface area contributed by atoms with E-state index in [2.05, 4.69) is 0 Å². The lowest BCUT2D eigenvalue weighted by Crippen LogP contribution is -2.40. The molecule has 4 nitrogen and oxygen atoms in total. The third kappa shape index (κ3) is 2.55. The van der Waals surface area contributed by atoms with Gasteiger partial charge in [0, 0.05) is 7.05 Å². The van der Waals surface area contributed by atoms with Gasteiger partial charge in [-0.05, 0) is 32.3 Å². The zero-order valence-electron chi connectivity index (χ0n) is 12.3. The van der Waals surface area contributed by atoms with Crippen LogP contribution in [0.2, 0.25) is 0 Å². The van der Waals surface area contributed by atoms with Crippen molar-refractivity contribution in [3.63, 3.8) is 0 Å². The van der Waals surface area contributed by atoms with Crippen LogP contribution in [0.15, 0.2) is 30.3 Å². The molecule has 1 aromatic carbocycles. The third-order valence-corrected chi connectivity index (χ3v) is 4.01. The summed E-state index contributed by atoms with van der Waals surface area (Å²) in [6.07, 6.45) is 1.19. The Bertz CT molecular complexity index is 494. The summed E-state index contributed by atoms with van der Waals surface area (Å²) < 4.78 is 5.04. The quantitative estimate of drug-likeness (QED) is 0.613. The summed E-state index contributed by atoms with van der Waals surface area (Å²) in [6, 6.07) is 9.75. The summed E-state index contributed by atoms with van der Waals surface area (Å²) >= 11 is 0. The number of carbonyl (C=O) groups is 2. The van der Waals surface area contributed by atoms with Crippen LogP contribution in [0.3, 0.4) is 0 Å². The van der Waals surface area contributed by atoms with Gasteiger partial charge >= 0.3 is 5.97 Å². The van der Waals surface area contributed by atoms with Gasteiger partial charge in [-0.15, -0.1) is 0 Å². The minimum absolute atomic E-state index is 0.0596. The van der Waals surface area contributed by atoms with Gasteiger partial charge in [0.15, 0.2) is 0 Å². The molecular weight excluding hydrogens is 254 g/mol. The zero-order chi connectivity index (χ0) is 14.8. The van der Waals surface area contributed by atoms with Crippen LogP contribution in [0.4, 0.5) is 0 Å². The molecule has 0 aliphatic heterocycles. The van der Waals surface area contributed by atoms with Crippen molar-refractivity contribution >= 4 is 11.9 Å². The molecule has 1 fully saturated rings. The number of ether oxygens (including phenoxy) is 1. The van der Waals surface area contributed by atoms with Crippen LogP contribution < -0.4 is 0 Å². The molecule has 108 valence electrons. The number of carbonyl (C=O) groups excluding carboxylic acids is 2. The molecule has 0 saturated heterocycles. The van der Waals surface area contributed by atoms with Gasteiger partial charge in [0.2, 0.25) is 5.91 Å². The Kier molecular flexibility index (Phi) is 4.12. The average molecular weight is 275 g/mol. The standard InChI is InChI=1S/C16H21NO3/c1-4-20-15(19)16(10-11-16)14(18)17(3)12(2)13-8-6-5-7-9-13/h5-9,12H,4,10-11H2,1-3H3. The number of esters is 1. The molecule has 1 saturated carbocycles. The topological polar surface area (TPSA) is 46.6 Å². The number of rotatable bonds is 5. The van der Waals surface area contributed by atoms with Crippen molar-refractivity contribution in [3.8, 4) is 0 Å². The normalized spacial score (nSPS) is 17.1. The highest BCUT2D eigenvalue weighted by atomic mass is 16.5. The second-order valence-corrected chi connectivity index (χ2v) is 5.31. The minimum atomic E-state index is -0.923. The van der Waals surface area contributed by atoms with E-state index in [4.69, 9.17) is 4.74 Å². The number of hydrogen-bond acceptors (Lipinski definition) is 3. The largest absolute Gasteiger partial charge is 0.465 e. The molecular formula is C16H21NO3. The van der Waals surface area contributed by atoms with Crippen molar-refractivity contribution < 1.29 is 14.3 Å². The molecule has 1 amide bonds. The monoisotopic (exact) mass is 275 g/mol. The van der Waals surface area contributed by atoms with E-state index >= 15 is 0 Å². The van der Waals surface area contributed by atoms with Crippen LogP contribution in [0.5, 0.6) is 0 Å². The van der Waals surface area contributed by atoms with Gasteiger partial charge in [-0.2, -0.15) is 0 Å². The smallest absolute Gasteiger partial charge is 0.321 e. The van der Waals surface area contributed by atoms with Crippen molar-refractivity contribution in [2.75, 3.05) is 13.7 Å². The number of hydrogen-bond donors (Lipinski definition) is 0. The maximum absolute atomic E-state index is 12.6. The minimum Gasteiger partial charge on any atom is -0.465 e. The van der Waals surface area contributed by atoms with E-state index in [9.17, 15) is 9.59 Å². The van der Waals surface area contributed by atoms with E-state index in [0.29, 0.717) is 19.4 Å². The van der Waals surface area contributed by atoms with Gasteiger partial charge in [-0.3, -0.25) is 9.59 Å². The molecule has 1 aliphatic carbocycles. The van der Waals surface area contributed by atoms with Crippen LogP contribution >= 0.6 is 0 Å². The van der Waals surface area contributed by atoms with Crippen molar-refractivity contribution in [1.82, 2.24) is 4.90 Å². The highest BCUT2D eigenvalue weighted by molar-refractivity contribution is 6.05. The highest BCUT2D eigenvalue weighted by Gasteiger charge is 2.59. The Hall–Kier alpha value is -1.84. The van der Waals surface area contributed by atoms with Gasteiger partial charge < -0.3 is 9.64 Å². The molecule has 0 N–H and O–H groups in total. The molecule has 0 aromatic heterocycles. The lowest BCUT2D eigenvalue weighted by atomic mass is 10.0. The Morgan fingerprint density at radius 2 is 1.90 bits per heavy atom. The molecule has 2 rings (SSSR count). The Morgan fingerprint density at radius 1 is 1.30 bits per heavy atom. The highest BCUT2D eigenvalue weighted by Crippen LogP contribution is 2.49. The van der Waals surface area contributed by atoms with E-state index in [0.717, 1.165) is 5.56 Å². The zero-order valence-corrected chi connectivity index (χ0v) is 12.3. The molecule has 1 aromatic rings. The number of nitrogens with zero attached hydrogens (tertiary/aromatic N) is 1. The predicted octanol–water partition coefficient (Wildman–Crippen LogP) is 2.55. The molecule has 0 heterocycles. The first-order chi connectivity index (χ1) is 9.53. The molecule has 4 heteroatoms. The van der Waals surface area contributed by atoms with Crippen LogP contribution in [0.25, 0.3) is 0 Å². The predicted molar refractivity (Wildman–Crippen MR) is 75.9 cm³/mol. The Morgan fingerprint density at radius 3 is 2.40 bits per heavy atom. The fourth-order valence-electron chi connectivity index (χ4n) is 2.37. The second kappa shape index (κ2) is 5.65. The van der Waals surface area contributed by atoms with Crippen LogP contribution in [0.1, 0.15) is 38.3 Å². The molecule has 1 atom stereocenters. The van der Waals surface area contributed by atoms with E-state index < -0.39 is 5.41 Å². The molecule has 0 radical (unpaired) electrons. The van der Waals surface area contributed by atoms with Crippen molar-refractivity contribution in [2.24, 2.45) is 5.41 Å². The molecule has 0 bridgehead atoms. The first-order valence-electron chi connectivity index (χ1n) is 7.02. The lowest BCUT2D eigenvalue weighted by Gasteiger charge is -2.28. The van der Waals surface area contributed by atoms with Crippen molar-refractivity contribution in [2.45, 2.75) is 32.7 Å². The Labute approximate surface area is 119 Å². The second-order valence-electron chi connectivity index (χ2n) is 5.31. The summed E-state index contributed by atoms with van der Waals surface area (Å²) in [6.45, 7) is 4.04. The van der Waals surface area contributed by atoms with E-state index in [1.165, 1.54) is 0 Å². The van der Waals surface area contributed by atoms with Gasteiger partial charge in [-0.25, -0.2) is 0 Å². The van der Waals surface area contributed by atoms with Gasteiger partial charge in [-0.1, -0.05) is 30.3 Å². The maximum atomic E-state index is 12.6. The molecule has 1 unspecified atom stereocenters. The summed E-state index contributed by atoms with van der Waals surface area (Å²) in [5.74, 6) is -0.510. The van der Waals surface area contributed by atoms with E-state index in [1.807, 2.05) is 37.3 Å². The molecule has 1 aliphatic rings. The molecule has 0 spiro atoms. The first kappa shape index (κ1) is 14.6. The van der Waals surface area contributed by atoms with Crippen LogP contribution in [-0.4, -0.2) is 30.4 Å². The Balaban J connectivity index is 2.11. The summed E-state index contributed by atoms with van der Waals surface area (Å²) in [5, 5.41) is 0. The fraction of sp³-hybridized carbons (Fsp3) is 0.500. The van der Waals surface area contributed by atoms with Crippen molar-refractivity contribution in [3.05, 3.63) is 35.9 Å². The van der Waals surface area contributed by atoms with E-state index in [1.54, 1.807) is 18.9 Å². The van der Waals surface area contributed by atoms with Gasteiger partial charge in [0.05, 0.1) is 12.6 Å². The van der Waals surface area contributed by atoms with Crippen molar-refractivity contribution in [1.29, 1.82) is 0 Å². The summed E-state index contributed by atoms with van der Waals surface area (Å²) in [4.78, 5) is 26.2. The molecule has 20 heavy (non-hydrogen) atoms. The maximum Gasteiger partial charge on any atom is 0.321 e. The number of amides is 1. The SMILES string of the molecule is CCOC(=O)C1(C(=O)N(C)C(C)c2ccccc2)CC1. The fourth-order valence-corrected chi connectivity index (χ4v) is 2.37. The summed E-state index contributed by atoms with van der Waals surface area (Å²) in [5.41, 5.74) is 0.136. The number of benzene rings is 1. The lowest BCUT2D eigenvalue weighted by molar-refractivity contribution is -0.158. The van der Waals surface area contributed by atoms with E-state index in [-0.39, 0.29) is 17.9 Å². The average Bonchev–Trinajstić information content (AvgIpc) is 3.28. The van der Waals surface area contributed by atoms with Crippen LogP contribution in [0, 0.1) is 5.41 Å².